The number of amides is 1. The van der Waals surface area contributed by atoms with Gasteiger partial charge in [-0.05, 0) is 36.1 Å². The van der Waals surface area contributed by atoms with E-state index in [1.807, 2.05) is 64.7 Å². The molecular weight excluding hydrogens is 418 g/mol. The molecule has 0 aliphatic carbocycles. The number of imidazole rings is 1. The minimum Gasteiger partial charge on any atom is -0.352 e. The van der Waals surface area contributed by atoms with Crippen molar-refractivity contribution in [1.82, 2.24) is 24.8 Å². The molecule has 0 saturated heterocycles. The highest BCUT2D eigenvalue weighted by Gasteiger charge is 2.15. The first-order chi connectivity index (χ1) is 15.8. The Kier molecular flexibility index (Phi) is 5.72. The summed E-state index contributed by atoms with van der Waals surface area (Å²) in [7, 11) is 0. The van der Waals surface area contributed by atoms with Crippen molar-refractivity contribution >= 4 is 28.3 Å². The molecule has 1 amide bonds. The van der Waals surface area contributed by atoms with E-state index in [9.17, 15) is 4.79 Å². The van der Waals surface area contributed by atoms with E-state index in [0.717, 1.165) is 41.0 Å². The molecule has 3 aromatic heterocycles. The summed E-state index contributed by atoms with van der Waals surface area (Å²) in [5.41, 5.74) is 5.75. The zero-order chi connectivity index (χ0) is 21.8. The summed E-state index contributed by atoms with van der Waals surface area (Å²) in [5.74, 6) is -0.109. The summed E-state index contributed by atoms with van der Waals surface area (Å²) in [6.45, 7) is 1.41. The molecule has 0 unspecified atom stereocenters. The van der Waals surface area contributed by atoms with Crippen LogP contribution in [0.25, 0.3) is 33.5 Å². The lowest BCUT2D eigenvalue weighted by molar-refractivity contribution is 0.0953. The fraction of sp³-hybridized carbons (Fsp3) is 0.120. The molecule has 3 heterocycles. The van der Waals surface area contributed by atoms with Gasteiger partial charge in [-0.3, -0.25) is 4.79 Å². The normalized spacial score (nSPS) is 11.0. The number of aromatic nitrogens is 4. The van der Waals surface area contributed by atoms with Crippen molar-refractivity contribution in [1.29, 1.82) is 0 Å². The average molecular weight is 440 g/mol. The topological polar surface area (TPSA) is 72.7 Å². The van der Waals surface area contributed by atoms with Crippen molar-refractivity contribution in [3.8, 4) is 22.5 Å². The van der Waals surface area contributed by atoms with E-state index in [1.165, 1.54) is 0 Å². The summed E-state index contributed by atoms with van der Waals surface area (Å²) >= 11 is 1.63. The van der Waals surface area contributed by atoms with Crippen LogP contribution in [-0.4, -0.2) is 32.0 Å². The first-order valence-corrected chi connectivity index (χ1v) is 11.4. The fourth-order valence-electron chi connectivity index (χ4n) is 3.58. The second-order valence-corrected chi connectivity index (χ2v) is 8.19. The van der Waals surface area contributed by atoms with Crippen LogP contribution in [0.2, 0.25) is 0 Å². The minimum atomic E-state index is -0.109. The quantitative estimate of drug-likeness (QED) is 0.361. The highest BCUT2D eigenvalue weighted by molar-refractivity contribution is 7.08. The van der Waals surface area contributed by atoms with Crippen LogP contribution < -0.4 is 5.32 Å². The number of nitrogens with zero attached hydrogens (tertiary/aromatic N) is 4. The summed E-state index contributed by atoms with van der Waals surface area (Å²) in [5, 5.41) is 7.10. The van der Waals surface area contributed by atoms with E-state index < -0.39 is 0 Å². The number of hydrogen-bond acceptors (Lipinski definition) is 5. The van der Waals surface area contributed by atoms with Crippen molar-refractivity contribution < 1.29 is 4.79 Å². The average Bonchev–Trinajstić information content (AvgIpc) is 3.56. The third kappa shape index (κ3) is 4.29. The summed E-state index contributed by atoms with van der Waals surface area (Å²) in [6, 6.07) is 17.6. The van der Waals surface area contributed by atoms with Gasteiger partial charge < -0.3 is 9.88 Å². The molecule has 0 bridgehead atoms. The summed E-state index contributed by atoms with van der Waals surface area (Å²) in [6.07, 6.45) is 6.27. The number of fused-ring (bicyclic) bond motifs is 1. The van der Waals surface area contributed by atoms with Crippen molar-refractivity contribution in [3.63, 3.8) is 0 Å². The van der Waals surface area contributed by atoms with Crippen molar-refractivity contribution in [3.05, 3.63) is 89.6 Å². The molecule has 158 valence electrons. The molecular formula is C25H21N5OS. The number of thiophene rings is 1. The third-order valence-electron chi connectivity index (χ3n) is 5.21. The van der Waals surface area contributed by atoms with Crippen LogP contribution in [0.5, 0.6) is 0 Å². The zero-order valence-corrected chi connectivity index (χ0v) is 18.1. The molecule has 0 saturated carbocycles. The van der Waals surface area contributed by atoms with E-state index in [4.69, 9.17) is 9.97 Å². The van der Waals surface area contributed by atoms with Gasteiger partial charge in [0.2, 0.25) is 0 Å². The highest BCUT2D eigenvalue weighted by Crippen LogP contribution is 2.32. The van der Waals surface area contributed by atoms with Gasteiger partial charge in [0, 0.05) is 47.6 Å². The van der Waals surface area contributed by atoms with Gasteiger partial charge >= 0.3 is 0 Å². The lowest BCUT2D eigenvalue weighted by Gasteiger charge is -2.11. The molecule has 0 aliphatic heterocycles. The van der Waals surface area contributed by atoms with Gasteiger partial charge in [0.15, 0.2) is 0 Å². The molecule has 0 atom stereocenters. The van der Waals surface area contributed by atoms with E-state index in [0.29, 0.717) is 17.6 Å². The molecule has 0 spiro atoms. The van der Waals surface area contributed by atoms with Crippen molar-refractivity contribution in [2.75, 3.05) is 6.54 Å². The number of nitrogens with one attached hydrogen (secondary N) is 1. The maximum Gasteiger partial charge on any atom is 0.251 e. The minimum absolute atomic E-state index is 0.109. The Hall–Kier alpha value is -3.84. The predicted molar refractivity (Wildman–Crippen MR) is 127 cm³/mol. The van der Waals surface area contributed by atoms with Gasteiger partial charge in [0.1, 0.15) is 0 Å². The van der Waals surface area contributed by atoms with Gasteiger partial charge in [0.25, 0.3) is 5.91 Å². The van der Waals surface area contributed by atoms with Crippen LogP contribution >= 0.6 is 11.3 Å². The van der Waals surface area contributed by atoms with Crippen LogP contribution in [-0.2, 0) is 6.54 Å². The smallest absolute Gasteiger partial charge is 0.251 e. The van der Waals surface area contributed by atoms with Crippen LogP contribution in [0.1, 0.15) is 16.8 Å². The Morgan fingerprint density at radius 3 is 2.59 bits per heavy atom. The molecule has 0 aliphatic rings. The van der Waals surface area contributed by atoms with Gasteiger partial charge in [-0.1, -0.05) is 30.3 Å². The maximum atomic E-state index is 12.7. The Morgan fingerprint density at radius 1 is 0.969 bits per heavy atom. The van der Waals surface area contributed by atoms with E-state index in [1.54, 1.807) is 23.9 Å². The van der Waals surface area contributed by atoms with E-state index >= 15 is 0 Å². The Labute approximate surface area is 189 Å². The lowest BCUT2D eigenvalue weighted by Crippen LogP contribution is -2.25. The second kappa shape index (κ2) is 9.11. The summed E-state index contributed by atoms with van der Waals surface area (Å²) in [4.78, 5) is 26.5. The van der Waals surface area contributed by atoms with Crippen LogP contribution in [0.3, 0.4) is 0 Å². The van der Waals surface area contributed by atoms with Gasteiger partial charge in [0.05, 0.1) is 28.7 Å². The van der Waals surface area contributed by atoms with Gasteiger partial charge in [-0.2, -0.15) is 11.3 Å². The standard InChI is InChI=1S/C25H21N5OS/c31-25(27-10-4-12-30-13-11-26-17-30)19-7-8-21-22(15-19)29-23(18-5-2-1-3-6-18)24(28-21)20-9-14-32-16-20/h1-3,5-9,11,13-17H,4,10,12H2,(H,27,31). The Bertz CT molecular complexity index is 1330. The second-order valence-electron chi connectivity index (χ2n) is 7.41. The van der Waals surface area contributed by atoms with Gasteiger partial charge in [-0.25, -0.2) is 15.0 Å². The maximum absolute atomic E-state index is 12.7. The SMILES string of the molecule is O=C(NCCCn1ccnc1)c1ccc2nc(-c3ccsc3)c(-c3ccccc3)nc2c1. The summed E-state index contributed by atoms with van der Waals surface area (Å²) < 4.78 is 1.99. The molecule has 32 heavy (non-hydrogen) atoms. The molecule has 2 aromatic carbocycles. The molecule has 5 aromatic rings. The number of carbonyl (C=O) groups excluding carboxylic acids is 1. The third-order valence-corrected chi connectivity index (χ3v) is 5.89. The van der Waals surface area contributed by atoms with Crippen LogP contribution in [0, 0.1) is 0 Å². The molecule has 1 N–H and O–H groups in total. The van der Waals surface area contributed by atoms with E-state index in [-0.39, 0.29) is 5.91 Å². The zero-order valence-electron chi connectivity index (χ0n) is 17.3. The van der Waals surface area contributed by atoms with E-state index in [2.05, 4.69) is 21.7 Å². The van der Waals surface area contributed by atoms with Gasteiger partial charge in [-0.15, -0.1) is 0 Å². The van der Waals surface area contributed by atoms with Crippen molar-refractivity contribution in [2.24, 2.45) is 0 Å². The molecule has 0 radical (unpaired) electrons. The molecule has 0 fully saturated rings. The number of aryl methyl sites for hydroxylation is 1. The predicted octanol–water partition coefficient (Wildman–Crippen LogP) is 5.04. The first kappa shape index (κ1) is 20.1. The molecule has 6 nitrogen and oxygen atoms in total. The number of hydrogen-bond donors (Lipinski definition) is 1. The van der Waals surface area contributed by atoms with Crippen molar-refractivity contribution in [2.45, 2.75) is 13.0 Å². The fourth-order valence-corrected chi connectivity index (χ4v) is 4.22. The first-order valence-electron chi connectivity index (χ1n) is 10.4. The number of rotatable bonds is 7. The Morgan fingerprint density at radius 2 is 1.81 bits per heavy atom. The van der Waals surface area contributed by atoms with Crippen LogP contribution in [0.15, 0.2) is 84.1 Å². The number of carbonyl (C=O) groups is 1. The Balaban J connectivity index is 1.42. The largest absolute Gasteiger partial charge is 0.352 e. The lowest BCUT2D eigenvalue weighted by atomic mass is 10.1. The van der Waals surface area contributed by atoms with Crippen LogP contribution in [0.4, 0.5) is 0 Å². The molecule has 5 rings (SSSR count). The highest BCUT2D eigenvalue weighted by atomic mass is 32.1. The number of benzene rings is 2. The molecule has 7 heteroatoms. The monoisotopic (exact) mass is 439 g/mol.